The lowest BCUT2D eigenvalue weighted by molar-refractivity contribution is -0.173. The van der Waals surface area contributed by atoms with Gasteiger partial charge < -0.3 is 9.72 Å². The van der Waals surface area contributed by atoms with Crippen molar-refractivity contribution in [2.45, 2.75) is 18.8 Å². The van der Waals surface area contributed by atoms with Gasteiger partial charge in [0, 0.05) is 25.4 Å². The lowest BCUT2D eigenvalue weighted by Crippen LogP contribution is -2.37. The maximum Gasteiger partial charge on any atom is 0.471 e. The molecule has 2 aromatic heterocycles. The van der Waals surface area contributed by atoms with E-state index < -0.39 is 23.8 Å². The number of carbonyl (C=O) groups is 1. The lowest BCUT2D eigenvalue weighted by Gasteiger charge is -2.06. The summed E-state index contributed by atoms with van der Waals surface area (Å²) in [6.07, 6.45) is -7.41. The highest BCUT2D eigenvalue weighted by Crippen LogP contribution is 2.29. The number of aromatic nitrogens is 2. The summed E-state index contributed by atoms with van der Waals surface area (Å²) in [7, 11) is 0. The third-order valence-electron chi connectivity index (χ3n) is 2.75. The molecule has 0 aliphatic heterocycles. The van der Waals surface area contributed by atoms with Gasteiger partial charge in [-0.1, -0.05) is 0 Å². The van der Waals surface area contributed by atoms with Crippen molar-refractivity contribution in [3.05, 3.63) is 35.8 Å². The Hall–Kier alpha value is -2.26. The predicted molar refractivity (Wildman–Crippen MR) is 63.0 cm³/mol. The molecule has 0 radical (unpaired) electrons. The summed E-state index contributed by atoms with van der Waals surface area (Å²) in [5, 5.41) is 1.66. The number of alkyl halides is 6. The van der Waals surface area contributed by atoms with Crippen LogP contribution in [-0.2, 0) is 17.4 Å². The molecule has 120 valence electrons. The topological polar surface area (TPSA) is 46.4 Å². The van der Waals surface area contributed by atoms with Gasteiger partial charge in [-0.15, -0.1) is 0 Å². The van der Waals surface area contributed by atoms with Crippen LogP contribution in [0.1, 0.15) is 11.3 Å². The van der Waals surface area contributed by atoms with Crippen molar-refractivity contribution >= 4 is 11.6 Å². The molecule has 0 aromatic carbocycles. The fraction of sp³-hybridized carbons (Fsp3) is 0.333. The van der Waals surface area contributed by atoms with Gasteiger partial charge in [0.25, 0.3) is 0 Å². The maximum absolute atomic E-state index is 12.5. The van der Waals surface area contributed by atoms with Gasteiger partial charge in [0.2, 0.25) is 0 Å². The summed E-state index contributed by atoms with van der Waals surface area (Å²) in [5.41, 5.74) is -0.374. The second kappa shape index (κ2) is 5.50. The molecule has 0 spiro atoms. The minimum atomic E-state index is -4.97. The fourth-order valence-electron chi connectivity index (χ4n) is 1.74. The molecule has 2 heterocycles. The van der Waals surface area contributed by atoms with Gasteiger partial charge >= 0.3 is 18.3 Å². The Morgan fingerprint density at radius 2 is 1.82 bits per heavy atom. The summed E-state index contributed by atoms with van der Waals surface area (Å²) in [6.45, 7) is -0.325. The van der Waals surface area contributed by atoms with Crippen molar-refractivity contribution < 1.29 is 31.1 Å². The number of fused-ring (bicyclic) bond motifs is 1. The molecule has 0 unspecified atom stereocenters. The quantitative estimate of drug-likeness (QED) is 0.882. The van der Waals surface area contributed by atoms with Crippen LogP contribution in [0.15, 0.2) is 24.5 Å². The summed E-state index contributed by atoms with van der Waals surface area (Å²) >= 11 is 0. The first kappa shape index (κ1) is 16.1. The molecule has 22 heavy (non-hydrogen) atoms. The van der Waals surface area contributed by atoms with Crippen LogP contribution in [0, 0.1) is 0 Å². The fourth-order valence-corrected chi connectivity index (χ4v) is 1.74. The first-order valence-electron chi connectivity index (χ1n) is 5.97. The van der Waals surface area contributed by atoms with Crippen molar-refractivity contribution in [3.8, 4) is 0 Å². The van der Waals surface area contributed by atoms with E-state index in [1.165, 1.54) is 6.20 Å². The van der Waals surface area contributed by atoms with Gasteiger partial charge in [-0.05, 0) is 12.1 Å². The summed E-state index contributed by atoms with van der Waals surface area (Å²) in [5.74, 6) is -2.07. The molecule has 0 atom stereocenters. The highest BCUT2D eigenvalue weighted by molar-refractivity contribution is 5.81. The van der Waals surface area contributed by atoms with Crippen LogP contribution in [0.25, 0.3) is 5.65 Å². The van der Waals surface area contributed by atoms with Gasteiger partial charge in [0.1, 0.15) is 5.65 Å². The number of nitrogens with zero attached hydrogens (tertiary/aromatic N) is 2. The van der Waals surface area contributed by atoms with E-state index in [-0.39, 0.29) is 24.3 Å². The van der Waals surface area contributed by atoms with Gasteiger partial charge in [0.15, 0.2) is 0 Å². The van der Waals surface area contributed by atoms with E-state index in [1.807, 2.05) is 0 Å². The molecule has 4 nitrogen and oxygen atoms in total. The monoisotopic (exact) mass is 325 g/mol. The number of pyridine rings is 1. The van der Waals surface area contributed by atoms with Crippen LogP contribution in [0.2, 0.25) is 0 Å². The van der Waals surface area contributed by atoms with Gasteiger partial charge in [-0.3, -0.25) is 4.79 Å². The normalized spacial score (nSPS) is 12.6. The minimum absolute atomic E-state index is 0.0369. The first-order chi connectivity index (χ1) is 10.1. The molecular weight excluding hydrogens is 316 g/mol. The van der Waals surface area contributed by atoms with Crippen molar-refractivity contribution in [2.75, 3.05) is 6.54 Å². The van der Waals surface area contributed by atoms with Crippen LogP contribution in [0.5, 0.6) is 0 Å². The Morgan fingerprint density at radius 3 is 2.41 bits per heavy atom. The zero-order chi connectivity index (χ0) is 16.5. The van der Waals surface area contributed by atoms with E-state index in [1.54, 1.807) is 5.32 Å². The van der Waals surface area contributed by atoms with Crippen molar-refractivity contribution in [3.63, 3.8) is 0 Å². The van der Waals surface area contributed by atoms with Crippen LogP contribution < -0.4 is 5.32 Å². The van der Waals surface area contributed by atoms with Crippen LogP contribution in [0.4, 0.5) is 26.3 Å². The summed E-state index contributed by atoms with van der Waals surface area (Å²) < 4.78 is 74.6. The average Bonchev–Trinajstić information content (AvgIpc) is 2.77. The van der Waals surface area contributed by atoms with E-state index >= 15 is 0 Å². The number of hydrogen-bond acceptors (Lipinski definition) is 2. The minimum Gasteiger partial charge on any atom is -0.348 e. The summed E-state index contributed by atoms with van der Waals surface area (Å²) in [4.78, 5) is 14.6. The Bertz CT molecular complexity index is 688. The van der Waals surface area contributed by atoms with Crippen molar-refractivity contribution in [1.82, 2.24) is 14.7 Å². The molecule has 2 rings (SSSR count). The van der Waals surface area contributed by atoms with Crippen LogP contribution >= 0.6 is 0 Å². The first-order valence-corrected chi connectivity index (χ1v) is 5.97. The highest BCUT2D eigenvalue weighted by atomic mass is 19.4. The number of rotatable bonds is 3. The molecule has 10 heteroatoms. The molecule has 0 fully saturated rings. The smallest absolute Gasteiger partial charge is 0.348 e. The largest absolute Gasteiger partial charge is 0.471 e. The lowest BCUT2D eigenvalue weighted by atomic mass is 10.3. The predicted octanol–water partition coefficient (Wildman–Crippen LogP) is 2.57. The average molecular weight is 325 g/mol. The van der Waals surface area contributed by atoms with E-state index in [9.17, 15) is 31.1 Å². The van der Waals surface area contributed by atoms with E-state index in [4.69, 9.17) is 0 Å². The standard InChI is InChI=1S/C12H9F6N3O/c13-11(14,15)7-1-2-9-20-8(6-21(9)5-7)3-4-19-10(22)12(16,17)18/h1-2,5-6H,3-4H2,(H,19,22). The van der Waals surface area contributed by atoms with E-state index in [0.717, 1.165) is 22.7 Å². The number of amides is 1. The third-order valence-corrected chi connectivity index (χ3v) is 2.75. The van der Waals surface area contributed by atoms with Gasteiger partial charge in [-0.25, -0.2) is 4.98 Å². The number of halogens is 6. The van der Waals surface area contributed by atoms with E-state index in [2.05, 4.69) is 4.98 Å². The molecule has 0 bridgehead atoms. The molecule has 0 saturated heterocycles. The second-order valence-corrected chi connectivity index (χ2v) is 4.42. The molecular formula is C12H9F6N3O. The molecule has 0 aliphatic rings. The van der Waals surface area contributed by atoms with Crippen molar-refractivity contribution in [1.29, 1.82) is 0 Å². The van der Waals surface area contributed by atoms with Crippen LogP contribution in [0.3, 0.4) is 0 Å². The SMILES string of the molecule is O=C(NCCc1cn2cc(C(F)(F)F)ccc2n1)C(F)(F)F. The second-order valence-electron chi connectivity index (χ2n) is 4.42. The van der Waals surface area contributed by atoms with E-state index in [0.29, 0.717) is 0 Å². The van der Waals surface area contributed by atoms with Gasteiger partial charge in [0.05, 0.1) is 11.3 Å². The Balaban J connectivity index is 2.06. The molecule has 1 N–H and O–H groups in total. The Labute approximate surface area is 119 Å². The van der Waals surface area contributed by atoms with Gasteiger partial charge in [-0.2, -0.15) is 26.3 Å². The number of imidazole rings is 1. The maximum atomic E-state index is 12.5. The molecule has 0 aliphatic carbocycles. The Kier molecular flexibility index (Phi) is 4.03. The third kappa shape index (κ3) is 3.68. The number of nitrogens with one attached hydrogen (secondary N) is 1. The van der Waals surface area contributed by atoms with Crippen LogP contribution in [-0.4, -0.2) is 28.0 Å². The van der Waals surface area contributed by atoms with Crippen molar-refractivity contribution in [2.24, 2.45) is 0 Å². The summed E-state index contributed by atoms with van der Waals surface area (Å²) in [6, 6.07) is 2.01. The zero-order valence-electron chi connectivity index (χ0n) is 10.8. The molecule has 2 aromatic rings. The number of hydrogen-bond donors (Lipinski definition) is 1. The molecule has 1 amide bonds. The Morgan fingerprint density at radius 1 is 1.14 bits per heavy atom. The zero-order valence-corrected chi connectivity index (χ0v) is 10.8. The highest BCUT2D eigenvalue weighted by Gasteiger charge is 2.38. The number of carbonyl (C=O) groups excluding carboxylic acids is 1. The molecule has 0 saturated carbocycles.